The van der Waals surface area contributed by atoms with E-state index in [1.54, 1.807) is 12.1 Å². The Hall–Kier alpha value is -0.160. The molecule has 0 aliphatic carbocycles. The lowest BCUT2D eigenvalue weighted by atomic mass is 10.3. The van der Waals surface area contributed by atoms with Gasteiger partial charge in [0.05, 0.1) is 11.4 Å². The summed E-state index contributed by atoms with van der Waals surface area (Å²) in [4.78, 5) is 1.26. The monoisotopic (exact) mass is 464 g/mol. The number of hydrogen-bond acceptors (Lipinski definition) is 3. The van der Waals surface area contributed by atoms with E-state index < -0.39 is 28.8 Å². The summed E-state index contributed by atoms with van der Waals surface area (Å²) >= 11 is 6.40. The second kappa shape index (κ2) is 6.76. The van der Waals surface area contributed by atoms with Gasteiger partial charge in [-0.2, -0.15) is 13.2 Å². The molecular formula is C12H13Br2F3N2O2S. The third kappa shape index (κ3) is 4.92. The predicted molar refractivity (Wildman–Crippen MR) is 83.1 cm³/mol. The number of alkyl halides is 3. The van der Waals surface area contributed by atoms with E-state index in [2.05, 4.69) is 36.6 Å². The van der Waals surface area contributed by atoms with E-state index in [1.165, 1.54) is 11.0 Å². The van der Waals surface area contributed by atoms with Crippen LogP contribution in [0.5, 0.6) is 0 Å². The van der Waals surface area contributed by atoms with Crippen LogP contribution in [0.4, 0.5) is 13.2 Å². The number of nitrogens with one attached hydrogen (secondary N) is 1. The van der Waals surface area contributed by atoms with Crippen LogP contribution in [-0.4, -0.2) is 45.2 Å². The molecule has 10 heteroatoms. The van der Waals surface area contributed by atoms with Crippen molar-refractivity contribution in [2.45, 2.75) is 23.5 Å². The Morgan fingerprint density at radius 3 is 2.59 bits per heavy atom. The van der Waals surface area contributed by atoms with Crippen LogP contribution in [0.2, 0.25) is 0 Å². The molecule has 1 saturated heterocycles. The third-order valence-electron chi connectivity index (χ3n) is 3.18. The summed E-state index contributed by atoms with van der Waals surface area (Å²) in [6, 6.07) is 4.09. The molecule has 1 unspecified atom stereocenters. The van der Waals surface area contributed by atoms with Gasteiger partial charge in [0.2, 0.25) is 10.0 Å². The van der Waals surface area contributed by atoms with E-state index >= 15 is 0 Å². The molecular weight excluding hydrogens is 453 g/mol. The number of rotatable bonds is 4. The summed E-state index contributed by atoms with van der Waals surface area (Å²) in [7, 11) is -3.78. The highest BCUT2D eigenvalue weighted by molar-refractivity contribution is 9.11. The molecule has 1 aromatic rings. The van der Waals surface area contributed by atoms with Gasteiger partial charge in [-0.05, 0) is 40.5 Å². The second-order valence-electron chi connectivity index (χ2n) is 5.03. The molecule has 1 N–H and O–H groups in total. The molecule has 0 spiro atoms. The minimum absolute atomic E-state index is 0.0485. The number of likely N-dealkylation sites (tertiary alicyclic amines) is 1. The van der Waals surface area contributed by atoms with Crippen molar-refractivity contribution in [1.29, 1.82) is 0 Å². The van der Waals surface area contributed by atoms with Crippen LogP contribution in [-0.2, 0) is 10.0 Å². The molecule has 1 aliphatic heterocycles. The molecule has 1 atom stereocenters. The first-order valence-corrected chi connectivity index (χ1v) is 9.40. The highest BCUT2D eigenvalue weighted by Gasteiger charge is 2.35. The molecule has 124 valence electrons. The van der Waals surface area contributed by atoms with Gasteiger partial charge in [0.25, 0.3) is 0 Å². The first-order valence-electron chi connectivity index (χ1n) is 6.33. The molecule has 2 rings (SSSR count). The van der Waals surface area contributed by atoms with Gasteiger partial charge in [-0.1, -0.05) is 15.9 Å². The number of hydrogen-bond donors (Lipinski definition) is 1. The SMILES string of the molecule is O=S(=O)(NC1CCN(CC(F)(F)F)C1)c1ccc(Br)cc1Br. The molecule has 1 aromatic carbocycles. The Labute approximate surface area is 143 Å². The molecule has 0 aromatic heterocycles. The smallest absolute Gasteiger partial charge is 0.293 e. The fraction of sp³-hybridized carbons (Fsp3) is 0.500. The fourth-order valence-electron chi connectivity index (χ4n) is 2.30. The van der Waals surface area contributed by atoms with Crippen molar-refractivity contribution < 1.29 is 21.6 Å². The van der Waals surface area contributed by atoms with Gasteiger partial charge in [0, 0.05) is 28.1 Å². The van der Waals surface area contributed by atoms with Crippen molar-refractivity contribution in [3.8, 4) is 0 Å². The lowest BCUT2D eigenvalue weighted by molar-refractivity contribution is -0.143. The Kier molecular flexibility index (Phi) is 5.59. The Morgan fingerprint density at radius 2 is 2.00 bits per heavy atom. The van der Waals surface area contributed by atoms with Gasteiger partial charge in [-0.15, -0.1) is 0 Å². The number of nitrogens with zero attached hydrogens (tertiary/aromatic N) is 1. The van der Waals surface area contributed by atoms with Gasteiger partial charge in [-0.3, -0.25) is 4.90 Å². The summed E-state index contributed by atoms with van der Waals surface area (Å²) in [5, 5.41) is 0. The van der Waals surface area contributed by atoms with Crippen molar-refractivity contribution in [2.75, 3.05) is 19.6 Å². The Morgan fingerprint density at radius 1 is 1.32 bits per heavy atom. The largest absolute Gasteiger partial charge is 0.401 e. The molecule has 0 saturated carbocycles. The van der Waals surface area contributed by atoms with E-state index in [0.29, 0.717) is 10.9 Å². The van der Waals surface area contributed by atoms with Gasteiger partial charge < -0.3 is 0 Å². The summed E-state index contributed by atoms with van der Waals surface area (Å²) < 4.78 is 65.2. The van der Waals surface area contributed by atoms with Crippen molar-refractivity contribution in [2.24, 2.45) is 0 Å². The zero-order valence-corrected chi connectivity index (χ0v) is 15.2. The van der Waals surface area contributed by atoms with E-state index in [0.717, 1.165) is 4.47 Å². The van der Waals surface area contributed by atoms with Crippen LogP contribution < -0.4 is 4.72 Å². The topological polar surface area (TPSA) is 49.4 Å². The van der Waals surface area contributed by atoms with Crippen LogP contribution in [0.15, 0.2) is 32.0 Å². The molecule has 1 aliphatic rings. The summed E-state index contributed by atoms with van der Waals surface area (Å²) in [6.45, 7) is -0.756. The number of sulfonamides is 1. The molecule has 4 nitrogen and oxygen atoms in total. The second-order valence-corrected chi connectivity index (χ2v) is 8.48. The molecule has 0 bridgehead atoms. The van der Waals surface area contributed by atoms with Crippen molar-refractivity contribution in [1.82, 2.24) is 9.62 Å². The maximum Gasteiger partial charge on any atom is 0.401 e. The lowest BCUT2D eigenvalue weighted by Gasteiger charge is -2.18. The van der Waals surface area contributed by atoms with Gasteiger partial charge in [-0.25, -0.2) is 13.1 Å². The van der Waals surface area contributed by atoms with Gasteiger partial charge in [0.1, 0.15) is 0 Å². The van der Waals surface area contributed by atoms with Crippen LogP contribution >= 0.6 is 31.9 Å². The van der Waals surface area contributed by atoms with Crippen LogP contribution in [0.3, 0.4) is 0 Å². The normalized spacial score (nSPS) is 20.5. The first-order chi connectivity index (χ1) is 10.1. The minimum atomic E-state index is -4.28. The Balaban J connectivity index is 2.04. The summed E-state index contributed by atoms with van der Waals surface area (Å²) in [6.07, 6.45) is -3.92. The fourth-order valence-corrected chi connectivity index (χ4v) is 5.31. The zero-order valence-electron chi connectivity index (χ0n) is 11.2. The highest BCUT2D eigenvalue weighted by atomic mass is 79.9. The van der Waals surface area contributed by atoms with Crippen molar-refractivity contribution in [3.05, 3.63) is 27.1 Å². The van der Waals surface area contributed by atoms with Crippen LogP contribution in [0, 0.1) is 0 Å². The predicted octanol–water partition coefficient (Wildman–Crippen LogP) is 3.13. The van der Waals surface area contributed by atoms with E-state index in [9.17, 15) is 21.6 Å². The third-order valence-corrected chi connectivity index (χ3v) is 6.17. The van der Waals surface area contributed by atoms with E-state index in [1.807, 2.05) is 0 Å². The maximum atomic E-state index is 12.3. The minimum Gasteiger partial charge on any atom is -0.293 e. The average Bonchev–Trinajstić information content (AvgIpc) is 2.72. The van der Waals surface area contributed by atoms with Gasteiger partial charge >= 0.3 is 6.18 Å². The van der Waals surface area contributed by atoms with Crippen molar-refractivity contribution >= 4 is 41.9 Å². The molecule has 0 radical (unpaired) electrons. The molecule has 1 fully saturated rings. The zero-order chi connectivity index (χ0) is 16.5. The standard InChI is InChI=1S/C12H13Br2F3N2O2S/c13-8-1-2-11(10(14)5-8)22(20,21)18-9-3-4-19(6-9)7-12(15,16)17/h1-2,5,9,18H,3-4,6-7H2. The summed E-state index contributed by atoms with van der Waals surface area (Å²) in [5.74, 6) is 0. The van der Waals surface area contributed by atoms with Crippen LogP contribution in [0.1, 0.15) is 6.42 Å². The Bertz CT molecular complexity index is 652. The number of benzene rings is 1. The number of halogens is 5. The lowest BCUT2D eigenvalue weighted by Crippen LogP contribution is -2.39. The molecule has 0 amide bonds. The van der Waals surface area contributed by atoms with Crippen molar-refractivity contribution in [3.63, 3.8) is 0 Å². The quantitative estimate of drug-likeness (QED) is 0.743. The van der Waals surface area contributed by atoms with E-state index in [4.69, 9.17) is 0 Å². The average molecular weight is 466 g/mol. The van der Waals surface area contributed by atoms with Crippen LogP contribution in [0.25, 0.3) is 0 Å². The maximum absolute atomic E-state index is 12.3. The molecule has 22 heavy (non-hydrogen) atoms. The highest BCUT2D eigenvalue weighted by Crippen LogP contribution is 2.27. The first kappa shape index (κ1) is 18.2. The summed E-state index contributed by atoms with van der Waals surface area (Å²) in [5.41, 5.74) is 0. The van der Waals surface area contributed by atoms with E-state index in [-0.39, 0.29) is 18.0 Å². The molecule has 1 heterocycles. The van der Waals surface area contributed by atoms with Gasteiger partial charge in [0.15, 0.2) is 0 Å².